The number of benzene rings is 1. The van der Waals surface area contributed by atoms with Crippen LogP contribution in [-0.2, 0) is 30.4 Å². The molecule has 0 saturated carbocycles. The number of hydrogen-bond acceptors (Lipinski definition) is 8. The summed E-state index contributed by atoms with van der Waals surface area (Å²) < 4.78 is 15.1. The van der Waals surface area contributed by atoms with Crippen molar-refractivity contribution in [2.24, 2.45) is 0 Å². The molecule has 166 valence electrons. The number of ether oxygens (including phenoxy) is 3. The first-order valence-corrected chi connectivity index (χ1v) is 11.2. The van der Waals surface area contributed by atoms with Gasteiger partial charge in [-0.05, 0) is 24.8 Å². The van der Waals surface area contributed by atoms with Crippen LogP contribution in [0.1, 0.15) is 38.7 Å². The summed E-state index contributed by atoms with van der Waals surface area (Å²) in [5.41, 5.74) is 0.878. The molecule has 8 nitrogen and oxygen atoms in total. The number of cyclic esters (lactones) is 1. The predicted octanol–water partition coefficient (Wildman–Crippen LogP) is 2.91. The highest BCUT2D eigenvalue weighted by molar-refractivity contribution is 8.00. The van der Waals surface area contributed by atoms with Crippen molar-refractivity contribution in [2.75, 3.05) is 19.6 Å². The zero-order valence-electron chi connectivity index (χ0n) is 17.7. The van der Waals surface area contributed by atoms with E-state index in [1.54, 1.807) is 11.8 Å². The Labute approximate surface area is 181 Å². The number of methoxy groups -OCH3 is 1. The zero-order valence-corrected chi connectivity index (χ0v) is 18.5. The van der Waals surface area contributed by atoms with Crippen molar-refractivity contribution in [1.82, 2.24) is 10.2 Å². The maximum atomic E-state index is 12.3. The highest BCUT2D eigenvalue weighted by Gasteiger charge is 2.39. The van der Waals surface area contributed by atoms with E-state index in [-0.39, 0.29) is 30.7 Å². The Morgan fingerprint density at radius 3 is 2.67 bits per heavy atom. The van der Waals surface area contributed by atoms with Crippen LogP contribution in [0.5, 0.6) is 0 Å². The lowest BCUT2D eigenvalue weighted by molar-refractivity contribution is -0.142. The number of nitrogens with zero attached hydrogens (tertiary/aromatic N) is 1. The van der Waals surface area contributed by atoms with Crippen LogP contribution in [0, 0.1) is 0 Å². The molecule has 0 aliphatic carbocycles. The Hall–Kier alpha value is -2.26. The van der Waals surface area contributed by atoms with E-state index >= 15 is 0 Å². The molecule has 1 amide bonds. The van der Waals surface area contributed by atoms with Gasteiger partial charge in [-0.1, -0.05) is 44.2 Å². The molecular formula is C21H30N2O6S. The van der Waals surface area contributed by atoms with Crippen LogP contribution >= 0.6 is 11.8 Å². The van der Waals surface area contributed by atoms with E-state index in [0.29, 0.717) is 18.6 Å². The molecule has 2 aliphatic heterocycles. The molecule has 3 atom stereocenters. The molecule has 2 saturated heterocycles. The molecule has 2 aliphatic rings. The van der Waals surface area contributed by atoms with Gasteiger partial charge in [0.05, 0.1) is 12.5 Å². The summed E-state index contributed by atoms with van der Waals surface area (Å²) in [6.45, 7) is 4.06. The highest BCUT2D eigenvalue weighted by Crippen LogP contribution is 2.26. The summed E-state index contributed by atoms with van der Waals surface area (Å²) in [6, 6.07) is 8.43. The van der Waals surface area contributed by atoms with Gasteiger partial charge < -0.3 is 14.2 Å². The van der Waals surface area contributed by atoms with Gasteiger partial charge in [0.2, 0.25) is 0 Å². The van der Waals surface area contributed by atoms with Gasteiger partial charge in [-0.2, -0.15) is 0 Å². The van der Waals surface area contributed by atoms with Gasteiger partial charge in [-0.15, -0.1) is 11.8 Å². The largest absolute Gasteiger partial charge is 0.468 e. The third kappa shape index (κ3) is 6.63. The fourth-order valence-electron chi connectivity index (χ4n) is 3.18. The van der Waals surface area contributed by atoms with Gasteiger partial charge in [0.15, 0.2) is 6.73 Å². The molecule has 0 spiro atoms. The van der Waals surface area contributed by atoms with Crippen molar-refractivity contribution in [3.8, 4) is 0 Å². The summed E-state index contributed by atoms with van der Waals surface area (Å²) in [5.74, 6) is -0.00126. The third-order valence-electron chi connectivity index (χ3n) is 4.71. The van der Waals surface area contributed by atoms with Gasteiger partial charge in [0, 0.05) is 5.75 Å². The number of nitrogens with one attached hydrogen (secondary N) is 1. The maximum Gasteiger partial charge on any atom is 0.413 e. The summed E-state index contributed by atoms with van der Waals surface area (Å²) in [7, 11) is 1.37. The lowest BCUT2D eigenvalue weighted by Crippen LogP contribution is -2.39. The molecule has 1 aromatic rings. The van der Waals surface area contributed by atoms with Crippen molar-refractivity contribution < 1.29 is 28.6 Å². The van der Waals surface area contributed by atoms with E-state index in [9.17, 15) is 14.4 Å². The van der Waals surface area contributed by atoms with Gasteiger partial charge in [0.25, 0.3) is 0 Å². The lowest BCUT2D eigenvalue weighted by atomic mass is 10.1. The van der Waals surface area contributed by atoms with Crippen molar-refractivity contribution in [3.05, 3.63) is 35.9 Å². The Morgan fingerprint density at radius 2 is 1.97 bits per heavy atom. The van der Waals surface area contributed by atoms with Gasteiger partial charge in [0.1, 0.15) is 18.7 Å². The molecule has 30 heavy (non-hydrogen) atoms. The van der Waals surface area contributed by atoms with E-state index in [4.69, 9.17) is 14.2 Å². The fraction of sp³-hybridized carbons (Fsp3) is 0.571. The second-order valence-electron chi connectivity index (χ2n) is 6.61. The molecule has 1 N–H and O–H groups in total. The molecule has 3 rings (SSSR count). The monoisotopic (exact) mass is 438 g/mol. The first kappa shape index (κ1) is 24.0. The van der Waals surface area contributed by atoms with Gasteiger partial charge >= 0.3 is 18.0 Å². The minimum Gasteiger partial charge on any atom is -0.468 e. The van der Waals surface area contributed by atoms with E-state index in [0.717, 1.165) is 12.0 Å². The van der Waals surface area contributed by atoms with Crippen LogP contribution in [-0.4, -0.2) is 60.0 Å². The van der Waals surface area contributed by atoms with Crippen LogP contribution < -0.4 is 5.32 Å². The van der Waals surface area contributed by atoms with E-state index < -0.39 is 18.1 Å². The van der Waals surface area contributed by atoms with Crippen molar-refractivity contribution in [1.29, 1.82) is 0 Å². The number of thioether (sulfide) groups is 1. The average molecular weight is 439 g/mol. The van der Waals surface area contributed by atoms with Gasteiger partial charge in [-0.3, -0.25) is 15.0 Å². The molecule has 1 aromatic carbocycles. The fourth-order valence-corrected chi connectivity index (χ4v) is 4.43. The molecule has 1 unspecified atom stereocenters. The first-order valence-electron chi connectivity index (χ1n) is 10.2. The molecule has 0 radical (unpaired) electrons. The number of carbonyl (C=O) groups excluding carboxylic acids is 3. The minimum atomic E-state index is -0.633. The average Bonchev–Trinajstić information content (AvgIpc) is 3.41. The highest BCUT2D eigenvalue weighted by atomic mass is 32.2. The number of rotatable bonds is 7. The second kappa shape index (κ2) is 12.4. The predicted molar refractivity (Wildman–Crippen MR) is 114 cm³/mol. The first-order chi connectivity index (χ1) is 14.6. The van der Waals surface area contributed by atoms with E-state index in [1.165, 1.54) is 12.0 Å². The Balaban J connectivity index is 0.00000155. The van der Waals surface area contributed by atoms with E-state index in [1.807, 2.05) is 44.2 Å². The molecule has 9 heteroatoms. The smallest absolute Gasteiger partial charge is 0.413 e. The Kier molecular flexibility index (Phi) is 9.96. The van der Waals surface area contributed by atoms with Crippen LogP contribution in [0.2, 0.25) is 0 Å². The van der Waals surface area contributed by atoms with Crippen molar-refractivity contribution in [3.63, 3.8) is 0 Å². The maximum absolute atomic E-state index is 12.3. The standard InChI is InChI=1S/C19H24N2O6S.C2H6/c1-25-17(22)14-11-28-16(20-14)9-5-8-15-18(23)27-12-21(15)19(24)26-10-13-6-3-2-4-7-13;1-2/h2-4,6-7,14-16,20H,5,8-12H2,1H3;1-2H3/t14-,15-,16?;/m0./s1. The Bertz CT molecular complexity index is 702. The molecular weight excluding hydrogens is 408 g/mol. The molecule has 0 bridgehead atoms. The minimum absolute atomic E-state index is 0.0854. The number of esters is 2. The number of amides is 1. The van der Waals surface area contributed by atoms with E-state index in [2.05, 4.69) is 5.32 Å². The van der Waals surface area contributed by atoms with Crippen molar-refractivity contribution >= 4 is 29.8 Å². The Morgan fingerprint density at radius 1 is 1.23 bits per heavy atom. The molecule has 0 aromatic heterocycles. The summed E-state index contributed by atoms with van der Waals surface area (Å²) in [6.07, 6.45) is 1.41. The zero-order chi connectivity index (χ0) is 21.9. The summed E-state index contributed by atoms with van der Waals surface area (Å²) in [4.78, 5) is 37.2. The van der Waals surface area contributed by atoms with Crippen molar-refractivity contribution in [2.45, 2.75) is 57.2 Å². The third-order valence-corrected chi connectivity index (χ3v) is 6.01. The lowest BCUT2D eigenvalue weighted by Gasteiger charge is -2.20. The van der Waals surface area contributed by atoms with Crippen LogP contribution in [0.3, 0.4) is 0 Å². The molecule has 2 fully saturated rings. The number of carbonyl (C=O) groups is 3. The van der Waals surface area contributed by atoms with Gasteiger partial charge in [-0.25, -0.2) is 9.59 Å². The topological polar surface area (TPSA) is 94.2 Å². The second-order valence-corrected chi connectivity index (χ2v) is 7.85. The summed E-state index contributed by atoms with van der Waals surface area (Å²) >= 11 is 1.66. The summed E-state index contributed by atoms with van der Waals surface area (Å²) in [5, 5.41) is 3.34. The normalized spacial score (nSPS) is 22.7. The van der Waals surface area contributed by atoms with Crippen LogP contribution in [0.15, 0.2) is 30.3 Å². The number of hydrogen-bond donors (Lipinski definition) is 1. The SMILES string of the molecule is CC.COC(=O)[C@@H]1CSC(CCC[C@H]2C(=O)OCN2C(=O)OCc2ccccc2)N1. The van der Waals surface area contributed by atoms with Crippen LogP contribution in [0.25, 0.3) is 0 Å². The molecule has 2 heterocycles. The quantitative estimate of drug-likeness (QED) is 0.513. The van der Waals surface area contributed by atoms with Crippen LogP contribution in [0.4, 0.5) is 4.79 Å².